The van der Waals surface area contributed by atoms with Crippen LogP contribution in [-0.2, 0) is 14.8 Å². The zero-order chi connectivity index (χ0) is 17.9. The van der Waals surface area contributed by atoms with Crippen LogP contribution in [0.3, 0.4) is 0 Å². The molecule has 2 heterocycles. The molecule has 0 bridgehead atoms. The van der Waals surface area contributed by atoms with E-state index in [9.17, 15) is 13.2 Å². The number of amides is 1. The summed E-state index contributed by atoms with van der Waals surface area (Å²) in [6.45, 7) is 4.12. The second kappa shape index (κ2) is 10.6. The highest BCUT2D eigenvalue weighted by Crippen LogP contribution is 2.22. The van der Waals surface area contributed by atoms with Crippen molar-refractivity contribution in [3.8, 4) is 0 Å². The molecule has 2 fully saturated rings. The molecule has 1 amide bonds. The summed E-state index contributed by atoms with van der Waals surface area (Å²) in [6, 6.07) is 6.57. The number of benzene rings is 1. The minimum absolute atomic E-state index is 0. The minimum atomic E-state index is -3.52. The molecule has 0 atom stereocenters. The molecule has 1 aromatic rings. The van der Waals surface area contributed by atoms with Gasteiger partial charge in [0.05, 0.1) is 4.90 Å². The smallest absolute Gasteiger partial charge is 0.243 e. The summed E-state index contributed by atoms with van der Waals surface area (Å²) >= 11 is 0. The van der Waals surface area contributed by atoms with E-state index in [1.165, 1.54) is 4.31 Å². The quantitative estimate of drug-likeness (QED) is 0.742. The number of likely N-dealkylation sites (N-methyl/N-ethyl adjacent to an activating group) is 1. The van der Waals surface area contributed by atoms with Crippen LogP contribution in [0.4, 0.5) is 5.69 Å². The fraction of sp³-hybridized carbons (Fsp3) is 0.588. The van der Waals surface area contributed by atoms with Crippen molar-refractivity contribution in [3.63, 3.8) is 0 Å². The Hall–Kier alpha value is -0.900. The van der Waals surface area contributed by atoms with Gasteiger partial charge < -0.3 is 15.5 Å². The second-order valence-electron chi connectivity index (χ2n) is 6.75. The molecule has 3 rings (SSSR count). The van der Waals surface area contributed by atoms with Crippen molar-refractivity contribution in [2.45, 2.75) is 17.7 Å². The van der Waals surface area contributed by atoms with Gasteiger partial charge in [-0.1, -0.05) is 6.07 Å². The lowest BCUT2D eigenvalue weighted by atomic mass is 9.97. The number of carbonyl (C=O) groups is 1. The van der Waals surface area contributed by atoms with Crippen molar-refractivity contribution in [3.05, 3.63) is 24.3 Å². The Morgan fingerprint density at radius 1 is 1.11 bits per heavy atom. The molecule has 154 valence electrons. The fourth-order valence-electron chi connectivity index (χ4n) is 3.24. The summed E-state index contributed by atoms with van der Waals surface area (Å²) in [7, 11) is -1.54. The number of sulfonamides is 1. The predicted molar refractivity (Wildman–Crippen MR) is 111 cm³/mol. The summed E-state index contributed by atoms with van der Waals surface area (Å²) in [5.74, 6) is -0.0465. The molecule has 10 heteroatoms. The molecule has 0 radical (unpaired) electrons. The first-order valence-electron chi connectivity index (χ1n) is 8.77. The second-order valence-corrected chi connectivity index (χ2v) is 8.69. The zero-order valence-corrected chi connectivity index (χ0v) is 17.8. The number of nitrogens with one attached hydrogen (secondary N) is 2. The molecule has 1 aromatic carbocycles. The first-order valence-corrected chi connectivity index (χ1v) is 10.2. The Kier molecular flexibility index (Phi) is 9.47. The molecule has 2 aliphatic rings. The van der Waals surface area contributed by atoms with Gasteiger partial charge in [0, 0.05) is 37.8 Å². The highest BCUT2D eigenvalue weighted by atomic mass is 35.5. The third-order valence-electron chi connectivity index (χ3n) is 4.91. The average molecular weight is 439 g/mol. The Morgan fingerprint density at radius 2 is 1.74 bits per heavy atom. The maximum absolute atomic E-state index is 12.8. The first kappa shape index (κ1) is 24.1. The normalized spacial score (nSPS) is 19.6. The lowest BCUT2D eigenvalue weighted by Crippen LogP contribution is -2.47. The summed E-state index contributed by atoms with van der Waals surface area (Å²) in [5, 5.41) is 6.11. The summed E-state index contributed by atoms with van der Waals surface area (Å²) in [6.07, 6.45) is 1.62. The number of hydrogen-bond donors (Lipinski definition) is 2. The Bertz CT molecular complexity index is 719. The maximum Gasteiger partial charge on any atom is 0.243 e. The molecule has 0 spiro atoms. The number of carbonyl (C=O) groups excluding carboxylic acids is 1. The highest BCUT2D eigenvalue weighted by Gasteiger charge is 2.28. The molecule has 2 saturated heterocycles. The molecule has 0 aliphatic carbocycles. The standard InChI is InChI=1S/C17H26N4O3S.2ClH/c1-20-9-11-21(12-10-20)25(23,24)16-4-2-3-15(13-16)19-17(22)14-5-7-18-8-6-14;;/h2-4,13-14,18H,5-12H2,1H3,(H,19,22);2*1H. The van der Waals surface area contributed by atoms with Gasteiger partial charge >= 0.3 is 0 Å². The lowest BCUT2D eigenvalue weighted by molar-refractivity contribution is -0.120. The highest BCUT2D eigenvalue weighted by molar-refractivity contribution is 7.89. The van der Waals surface area contributed by atoms with E-state index in [-0.39, 0.29) is 41.5 Å². The zero-order valence-electron chi connectivity index (χ0n) is 15.4. The van der Waals surface area contributed by atoms with Crippen LogP contribution in [0.25, 0.3) is 0 Å². The van der Waals surface area contributed by atoms with E-state index >= 15 is 0 Å². The van der Waals surface area contributed by atoms with Gasteiger partial charge in [-0.05, 0) is 51.2 Å². The van der Waals surface area contributed by atoms with Crippen LogP contribution >= 0.6 is 24.8 Å². The number of nitrogens with zero attached hydrogens (tertiary/aromatic N) is 2. The van der Waals surface area contributed by atoms with Gasteiger partial charge in [-0.15, -0.1) is 24.8 Å². The van der Waals surface area contributed by atoms with E-state index < -0.39 is 10.0 Å². The van der Waals surface area contributed by atoms with E-state index in [0.717, 1.165) is 39.0 Å². The van der Waals surface area contributed by atoms with Crippen molar-refractivity contribution >= 4 is 46.4 Å². The molecule has 0 saturated carbocycles. The molecule has 2 N–H and O–H groups in total. The van der Waals surface area contributed by atoms with Crippen LogP contribution in [0.15, 0.2) is 29.2 Å². The van der Waals surface area contributed by atoms with Crippen LogP contribution in [-0.4, -0.2) is 69.8 Å². The summed E-state index contributed by atoms with van der Waals surface area (Å²) in [5.41, 5.74) is 0.540. The number of anilines is 1. The topological polar surface area (TPSA) is 81.8 Å². The van der Waals surface area contributed by atoms with Crippen molar-refractivity contribution in [2.24, 2.45) is 5.92 Å². The van der Waals surface area contributed by atoms with Gasteiger partial charge in [0.1, 0.15) is 0 Å². The van der Waals surface area contributed by atoms with E-state index in [1.807, 2.05) is 7.05 Å². The number of piperidine rings is 1. The number of piperazine rings is 1. The first-order chi connectivity index (χ1) is 12.0. The van der Waals surface area contributed by atoms with E-state index in [0.29, 0.717) is 18.8 Å². The number of halogens is 2. The maximum atomic E-state index is 12.8. The van der Waals surface area contributed by atoms with E-state index in [4.69, 9.17) is 0 Å². The predicted octanol–water partition coefficient (Wildman–Crippen LogP) is 1.40. The van der Waals surface area contributed by atoms with E-state index in [2.05, 4.69) is 15.5 Å². The van der Waals surface area contributed by atoms with Crippen molar-refractivity contribution < 1.29 is 13.2 Å². The molecule has 7 nitrogen and oxygen atoms in total. The van der Waals surface area contributed by atoms with E-state index in [1.54, 1.807) is 24.3 Å². The molecule has 0 unspecified atom stereocenters. The Labute approximate surface area is 173 Å². The Balaban J connectivity index is 0.00000182. The van der Waals surface area contributed by atoms with Crippen LogP contribution in [0.1, 0.15) is 12.8 Å². The van der Waals surface area contributed by atoms with Gasteiger partial charge in [0.2, 0.25) is 15.9 Å². The largest absolute Gasteiger partial charge is 0.326 e. The number of hydrogen-bond acceptors (Lipinski definition) is 5. The van der Waals surface area contributed by atoms with Gasteiger partial charge in [-0.3, -0.25) is 4.79 Å². The molecular weight excluding hydrogens is 411 g/mol. The van der Waals surface area contributed by atoms with Crippen LogP contribution in [0, 0.1) is 5.92 Å². The van der Waals surface area contributed by atoms with Crippen LogP contribution < -0.4 is 10.6 Å². The summed E-state index contributed by atoms with van der Waals surface area (Å²) < 4.78 is 27.2. The Morgan fingerprint density at radius 3 is 2.37 bits per heavy atom. The average Bonchev–Trinajstić information content (AvgIpc) is 2.63. The van der Waals surface area contributed by atoms with Crippen LogP contribution in [0.5, 0.6) is 0 Å². The SMILES string of the molecule is CN1CCN(S(=O)(=O)c2cccc(NC(=O)C3CCNCC3)c2)CC1.Cl.Cl. The lowest BCUT2D eigenvalue weighted by Gasteiger charge is -2.31. The summed E-state index contributed by atoms with van der Waals surface area (Å²) in [4.78, 5) is 14.7. The third kappa shape index (κ3) is 6.04. The van der Waals surface area contributed by atoms with Gasteiger partial charge in [0.15, 0.2) is 0 Å². The minimum Gasteiger partial charge on any atom is -0.326 e. The van der Waals surface area contributed by atoms with Crippen LogP contribution in [0.2, 0.25) is 0 Å². The molecule has 0 aromatic heterocycles. The van der Waals surface area contributed by atoms with Gasteiger partial charge in [-0.25, -0.2) is 8.42 Å². The monoisotopic (exact) mass is 438 g/mol. The fourth-order valence-corrected chi connectivity index (χ4v) is 4.71. The van der Waals surface area contributed by atoms with Crippen molar-refractivity contribution in [2.75, 3.05) is 51.6 Å². The van der Waals surface area contributed by atoms with Gasteiger partial charge in [0.25, 0.3) is 0 Å². The van der Waals surface area contributed by atoms with Crippen molar-refractivity contribution in [1.29, 1.82) is 0 Å². The van der Waals surface area contributed by atoms with Gasteiger partial charge in [-0.2, -0.15) is 4.31 Å². The molecular formula is C17H28Cl2N4O3S. The number of rotatable bonds is 4. The molecule has 2 aliphatic heterocycles. The third-order valence-corrected chi connectivity index (χ3v) is 6.81. The van der Waals surface area contributed by atoms with Crippen molar-refractivity contribution in [1.82, 2.24) is 14.5 Å². The molecule has 27 heavy (non-hydrogen) atoms.